The molecule has 0 radical (unpaired) electrons. The van der Waals surface area contributed by atoms with E-state index < -0.39 is 39.5 Å². The van der Waals surface area contributed by atoms with Gasteiger partial charge in [-0.3, -0.25) is 4.79 Å². The molecule has 0 unspecified atom stereocenters. The van der Waals surface area contributed by atoms with Gasteiger partial charge in [0.2, 0.25) is 10.0 Å². The van der Waals surface area contributed by atoms with Gasteiger partial charge in [0.25, 0.3) is 0 Å². The first-order valence-corrected chi connectivity index (χ1v) is 8.88. The lowest BCUT2D eigenvalue weighted by atomic mass is 9.92. The quantitative estimate of drug-likeness (QED) is 0.906. The minimum atomic E-state index is -3.85. The predicted octanol–water partition coefficient (Wildman–Crippen LogP) is 2.49. The van der Waals surface area contributed by atoms with Gasteiger partial charge in [-0.1, -0.05) is 17.7 Å². The number of piperidine rings is 1. The molecule has 1 saturated heterocycles. The van der Waals surface area contributed by atoms with Gasteiger partial charge in [-0.25, -0.2) is 12.8 Å². The molecule has 1 N–H and O–H groups in total. The molecule has 2 atom stereocenters. The fourth-order valence-corrected chi connectivity index (χ4v) is 4.96. The maximum absolute atomic E-state index is 13.8. The molecule has 5 nitrogen and oxygen atoms in total. The van der Waals surface area contributed by atoms with E-state index in [1.165, 1.54) is 12.1 Å². The van der Waals surface area contributed by atoms with Crippen molar-refractivity contribution in [2.24, 2.45) is 5.92 Å². The maximum atomic E-state index is 13.8. The average molecular weight is 350 g/mol. The Morgan fingerprint density at radius 3 is 2.77 bits per heavy atom. The lowest BCUT2D eigenvalue weighted by molar-refractivity contribution is -0.144. The van der Waals surface area contributed by atoms with Gasteiger partial charge in [0.1, 0.15) is 5.82 Å². The summed E-state index contributed by atoms with van der Waals surface area (Å²) in [6, 6.07) is 3.31. The van der Waals surface area contributed by atoms with E-state index in [9.17, 15) is 17.6 Å². The zero-order valence-corrected chi connectivity index (χ0v) is 13.6. The highest BCUT2D eigenvalue weighted by Crippen LogP contribution is 2.29. The standard InChI is InChI=1S/C14H17ClFNO4S/c1-9-10(14(18)19)4-3-7-17(9)22(20,21)8-11-12(15)5-2-6-13(11)16/h2,5-6,9-10H,3-4,7-8H2,1H3,(H,18,19)/t9-,10-/m1/s1. The normalized spacial score (nSPS) is 23.4. The monoisotopic (exact) mass is 349 g/mol. The van der Waals surface area contributed by atoms with E-state index in [0.29, 0.717) is 12.8 Å². The molecule has 2 rings (SSSR count). The number of hydrogen-bond acceptors (Lipinski definition) is 3. The molecule has 0 aromatic heterocycles. The van der Waals surface area contributed by atoms with E-state index >= 15 is 0 Å². The number of hydrogen-bond donors (Lipinski definition) is 1. The summed E-state index contributed by atoms with van der Waals surface area (Å²) in [6.07, 6.45) is 0.897. The second-order valence-electron chi connectivity index (χ2n) is 5.39. The second kappa shape index (κ2) is 6.52. The Kier molecular flexibility index (Phi) is 5.09. The van der Waals surface area contributed by atoms with Crippen molar-refractivity contribution in [1.82, 2.24) is 4.31 Å². The van der Waals surface area contributed by atoms with Crippen LogP contribution in [0.2, 0.25) is 5.02 Å². The molecule has 0 aliphatic carbocycles. The van der Waals surface area contributed by atoms with Gasteiger partial charge in [0, 0.05) is 23.2 Å². The Morgan fingerprint density at radius 2 is 2.18 bits per heavy atom. The van der Waals surface area contributed by atoms with Crippen molar-refractivity contribution in [3.05, 3.63) is 34.6 Å². The van der Waals surface area contributed by atoms with Crippen LogP contribution in [0.4, 0.5) is 4.39 Å². The average Bonchev–Trinajstić information content (AvgIpc) is 2.43. The van der Waals surface area contributed by atoms with Crippen LogP contribution in [0.3, 0.4) is 0 Å². The lowest BCUT2D eigenvalue weighted by Crippen LogP contribution is -2.49. The SMILES string of the molecule is C[C@@H]1[C@H](C(=O)O)CCCN1S(=O)(=O)Cc1c(F)cccc1Cl. The molecule has 1 fully saturated rings. The van der Waals surface area contributed by atoms with E-state index in [1.807, 2.05) is 0 Å². The molecule has 0 saturated carbocycles. The van der Waals surface area contributed by atoms with Crippen molar-refractivity contribution in [2.45, 2.75) is 31.6 Å². The maximum Gasteiger partial charge on any atom is 0.308 e. The van der Waals surface area contributed by atoms with Gasteiger partial charge in [-0.15, -0.1) is 0 Å². The van der Waals surface area contributed by atoms with Crippen molar-refractivity contribution >= 4 is 27.6 Å². The van der Waals surface area contributed by atoms with Crippen LogP contribution in [0.5, 0.6) is 0 Å². The highest BCUT2D eigenvalue weighted by atomic mass is 35.5. The van der Waals surface area contributed by atoms with E-state index in [-0.39, 0.29) is 17.1 Å². The number of carboxylic acids is 1. The fraction of sp³-hybridized carbons (Fsp3) is 0.500. The van der Waals surface area contributed by atoms with Gasteiger partial charge in [0.15, 0.2) is 0 Å². The number of benzene rings is 1. The van der Waals surface area contributed by atoms with Crippen LogP contribution in [0.25, 0.3) is 0 Å². The minimum absolute atomic E-state index is 0.0445. The third-order valence-electron chi connectivity index (χ3n) is 3.99. The number of carbonyl (C=O) groups is 1. The van der Waals surface area contributed by atoms with Gasteiger partial charge in [-0.2, -0.15) is 4.31 Å². The van der Waals surface area contributed by atoms with Crippen LogP contribution >= 0.6 is 11.6 Å². The molecule has 22 heavy (non-hydrogen) atoms. The third-order valence-corrected chi connectivity index (χ3v) is 6.23. The summed E-state index contributed by atoms with van der Waals surface area (Å²) in [4.78, 5) is 11.2. The van der Waals surface area contributed by atoms with Crippen LogP contribution in [-0.2, 0) is 20.6 Å². The van der Waals surface area contributed by atoms with Crippen molar-refractivity contribution in [1.29, 1.82) is 0 Å². The second-order valence-corrected chi connectivity index (χ2v) is 7.72. The molecular weight excluding hydrogens is 333 g/mol. The van der Waals surface area contributed by atoms with Gasteiger partial charge < -0.3 is 5.11 Å². The van der Waals surface area contributed by atoms with Crippen molar-refractivity contribution < 1.29 is 22.7 Å². The number of aliphatic carboxylic acids is 1. The van der Waals surface area contributed by atoms with Gasteiger partial charge >= 0.3 is 5.97 Å². The molecule has 122 valence electrons. The van der Waals surface area contributed by atoms with E-state index in [0.717, 1.165) is 10.4 Å². The summed E-state index contributed by atoms with van der Waals surface area (Å²) in [5.74, 6) is -3.03. The molecule has 0 amide bonds. The summed E-state index contributed by atoms with van der Waals surface area (Å²) >= 11 is 5.87. The first kappa shape index (κ1) is 17.2. The summed E-state index contributed by atoms with van der Waals surface area (Å²) in [5, 5.41) is 9.21. The summed E-state index contributed by atoms with van der Waals surface area (Å²) < 4.78 is 40.0. The van der Waals surface area contributed by atoms with Gasteiger partial charge in [-0.05, 0) is 31.9 Å². The van der Waals surface area contributed by atoms with E-state index in [2.05, 4.69) is 0 Å². The van der Waals surface area contributed by atoms with E-state index in [1.54, 1.807) is 6.92 Å². The fourth-order valence-electron chi connectivity index (χ4n) is 2.77. The van der Waals surface area contributed by atoms with Crippen LogP contribution < -0.4 is 0 Å². The predicted molar refractivity (Wildman–Crippen MR) is 80.6 cm³/mol. The molecule has 8 heteroatoms. The Hall–Kier alpha value is -1.18. The number of halogens is 2. The van der Waals surface area contributed by atoms with Crippen molar-refractivity contribution in [3.63, 3.8) is 0 Å². The topological polar surface area (TPSA) is 74.7 Å². The van der Waals surface area contributed by atoms with Gasteiger partial charge in [0.05, 0.1) is 11.7 Å². The lowest BCUT2D eigenvalue weighted by Gasteiger charge is -2.36. The molecular formula is C14H17ClFNO4S. The summed E-state index contributed by atoms with van der Waals surface area (Å²) in [6.45, 7) is 1.80. The zero-order chi connectivity index (χ0) is 16.5. The molecule has 1 heterocycles. The number of carboxylic acid groups (broad SMARTS) is 1. The van der Waals surface area contributed by atoms with Crippen molar-refractivity contribution in [3.8, 4) is 0 Å². The van der Waals surface area contributed by atoms with Crippen LogP contribution in [0.1, 0.15) is 25.3 Å². The molecule has 1 aliphatic heterocycles. The van der Waals surface area contributed by atoms with Crippen LogP contribution in [-0.4, -0.2) is 36.4 Å². The first-order chi connectivity index (χ1) is 10.2. The molecule has 1 aromatic rings. The highest BCUT2D eigenvalue weighted by Gasteiger charge is 2.39. The number of rotatable bonds is 4. The summed E-state index contributed by atoms with van der Waals surface area (Å²) in [7, 11) is -3.85. The molecule has 1 aromatic carbocycles. The Balaban J connectivity index is 2.28. The Bertz CT molecular complexity index is 659. The van der Waals surface area contributed by atoms with Crippen molar-refractivity contribution in [2.75, 3.05) is 6.54 Å². The zero-order valence-electron chi connectivity index (χ0n) is 12.0. The molecule has 1 aliphatic rings. The smallest absolute Gasteiger partial charge is 0.308 e. The largest absolute Gasteiger partial charge is 0.481 e. The molecule has 0 bridgehead atoms. The third kappa shape index (κ3) is 3.42. The molecule has 0 spiro atoms. The van der Waals surface area contributed by atoms with Crippen LogP contribution in [0, 0.1) is 11.7 Å². The number of nitrogens with zero attached hydrogens (tertiary/aromatic N) is 1. The Labute approximate surface area is 133 Å². The summed E-state index contributed by atoms with van der Waals surface area (Å²) in [5.41, 5.74) is -0.0891. The highest BCUT2D eigenvalue weighted by molar-refractivity contribution is 7.88. The first-order valence-electron chi connectivity index (χ1n) is 6.89. The van der Waals surface area contributed by atoms with Crippen LogP contribution in [0.15, 0.2) is 18.2 Å². The number of sulfonamides is 1. The Morgan fingerprint density at radius 1 is 1.50 bits per heavy atom. The minimum Gasteiger partial charge on any atom is -0.481 e. The van der Waals surface area contributed by atoms with E-state index in [4.69, 9.17) is 16.7 Å².